The Balaban J connectivity index is 2.10. The average Bonchev–Trinajstić information content (AvgIpc) is 2.54. The number of hydrogen-bond donors (Lipinski definition) is 1. The Morgan fingerprint density at radius 2 is 1.96 bits per heavy atom. The van der Waals surface area contributed by atoms with E-state index in [4.69, 9.17) is 16.3 Å². The average molecular weight is 351 g/mol. The predicted molar refractivity (Wildman–Crippen MR) is 95.4 cm³/mol. The highest BCUT2D eigenvalue weighted by atomic mass is 35.5. The number of amides is 1. The molecule has 2 aromatic rings. The molecule has 0 aliphatic heterocycles. The minimum absolute atomic E-state index is 0.0723. The van der Waals surface area contributed by atoms with E-state index >= 15 is 0 Å². The molecular formula is C17H19ClN2O2S. The molecule has 1 aromatic carbocycles. The molecule has 1 N–H and O–H groups in total. The molecule has 0 unspecified atom stereocenters. The molecule has 2 rings (SSSR count). The standard InChI is InChI=1S/C17H19ClN2O2S/c1-11(2)15(23-17-14(18)5-4-10-19-17)16(21)20-12-6-8-13(22-3)9-7-12/h4-11,15H,1-3H3,(H,20,21)/t15-/m0/s1. The number of rotatable bonds is 6. The number of thioether (sulfide) groups is 1. The smallest absolute Gasteiger partial charge is 0.238 e. The van der Waals surface area contributed by atoms with Gasteiger partial charge in [-0.3, -0.25) is 4.79 Å². The third-order valence-electron chi connectivity index (χ3n) is 3.18. The summed E-state index contributed by atoms with van der Waals surface area (Å²) in [4.78, 5) is 16.8. The molecule has 0 radical (unpaired) electrons. The van der Waals surface area contributed by atoms with E-state index in [9.17, 15) is 4.79 Å². The van der Waals surface area contributed by atoms with Gasteiger partial charge >= 0.3 is 0 Å². The molecule has 1 atom stereocenters. The van der Waals surface area contributed by atoms with Gasteiger partial charge in [-0.25, -0.2) is 4.98 Å². The van der Waals surface area contributed by atoms with Crippen molar-refractivity contribution in [3.63, 3.8) is 0 Å². The maximum atomic E-state index is 12.6. The first kappa shape index (κ1) is 17.6. The van der Waals surface area contributed by atoms with Crippen molar-refractivity contribution >= 4 is 35.0 Å². The zero-order valence-corrected chi connectivity index (χ0v) is 14.8. The number of hydrogen-bond acceptors (Lipinski definition) is 4. The van der Waals surface area contributed by atoms with Crippen molar-refractivity contribution in [2.75, 3.05) is 12.4 Å². The third kappa shape index (κ3) is 4.88. The molecule has 0 spiro atoms. The lowest BCUT2D eigenvalue weighted by molar-refractivity contribution is -0.116. The zero-order chi connectivity index (χ0) is 16.8. The summed E-state index contributed by atoms with van der Waals surface area (Å²) in [5.41, 5.74) is 0.731. The number of nitrogens with one attached hydrogen (secondary N) is 1. The summed E-state index contributed by atoms with van der Waals surface area (Å²) in [6, 6.07) is 10.8. The minimum atomic E-state index is -0.287. The molecule has 23 heavy (non-hydrogen) atoms. The van der Waals surface area contributed by atoms with Crippen LogP contribution in [0.1, 0.15) is 13.8 Å². The highest BCUT2D eigenvalue weighted by Gasteiger charge is 2.25. The number of pyridine rings is 1. The van der Waals surface area contributed by atoms with Crippen molar-refractivity contribution < 1.29 is 9.53 Å². The summed E-state index contributed by atoms with van der Waals surface area (Å²) < 4.78 is 5.11. The van der Waals surface area contributed by atoms with Crippen molar-refractivity contribution in [3.8, 4) is 5.75 Å². The number of methoxy groups -OCH3 is 1. The molecule has 122 valence electrons. The molecule has 0 aliphatic rings. The van der Waals surface area contributed by atoms with Gasteiger partial charge in [-0.1, -0.05) is 37.2 Å². The summed E-state index contributed by atoms with van der Waals surface area (Å²) in [6.07, 6.45) is 1.67. The van der Waals surface area contributed by atoms with E-state index in [0.717, 1.165) is 11.4 Å². The first-order chi connectivity index (χ1) is 11.0. The van der Waals surface area contributed by atoms with Crippen LogP contribution in [0.25, 0.3) is 0 Å². The summed E-state index contributed by atoms with van der Waals surface area (Å²) in [5.74, 6) is 0.811. The number of ether oxygens (including phenoxy) is 1. The van der Waals surface area contributed by atoms with Gasteiger partial charge in [0, 0.05) is 11.9 Å². The maximum absolute atomic E-state index is 12.6. The van der Waals surface area contributed by atoms with Crippen LogP contribution in [0.3, 0.4) is 0 Å². The quantitative estimate of drug-likeness (QED) is 0.779. The normalized spacial score (nSPS) is 12.0. The molecule has 4 nitrogen and oxygen atoms in total. The monoisotopic (exact) mass is 350 g/mol. The largest absolute Gasteiger partial charge is 0.497 e. The van der Waals surface area contributed by atoms with Gasteiger partial charge in [0.05, 0.1) is 17.4 Å². The van der Waals surface area contributed by atoms with Crippen molar-refractivity contribution in [2.45, 2.75) is 24.1 Å². The van der Waals surface area contributed by atoms with Gasteiger partial charge in [-0.2, -0.15) is 0 Å². The molecule has 1 aromatic heterocycles. The van der Waals surface area contributed by atoms with Crippen molar-refractivity contribution in [3.05, 3.63) is 47.6 Å². The third-order valence-corrected chi connectivity index (χ3v) is 5.16. The molecule has 0 aliphatic carbocycles. The van der Waals surface area contributed by atoms with Crippen LogP contribution < -0.4 is 10.1 Å². The van der Waals surface area contributed by atoms with Crippen LogP contribution in [0, 0.1) is 5.92 Å². The van der Waals surface area contributed by atoms with Crippen LogP contribution in [-0.2, 0) is 4.79 Å². The summed E-state index contributed by atoms with van der Waals surface area (Å²) in [5, 5.41) is 3.86. The topological polar surface area (TPSA) is 51.2 Å². The Bertz CT molecular complexity index is 662. The summed E-state index contributed by atoms with van der Waals surface area (Å²) in [6.45, 7) is 4.00. The fourth-order valence-corrected chi connectivity index (χ4v) is 3.19. The van der Waals surface area contributed by atoms with E-state index in [-0.39, 0.29) is 17.1 Å². The zero-order valence-electron chi connectivity index (χ0n) is 13.2. The van der Waals surface area contributed by atoms with Gasteiger partial charge in [0.1, 0.15) is 10.8 Å². The number of aromatic nitrogens is 1. The second-order valence-corrected chi connectivity index (χ2v) is 6.83. The lowest BCUT2D eigenvalue weighted by Crippen LogP contribution is -2.29. The van der Waals surface area contributed by atoms with Crippen LogP contribution in [0.2, 0.25) is 5.02 Å². The number of carbonyl (C=O) groups is 1. The van der Waals surface area contributed by atoms with Crippen molar-refractivity contribution in [1.29, 1.82) is 0 Å². The van der Waals surface area contributed by atoms with Crippen molar-refractivity contribution in [1.82, 2.24) is 4.98 Å². The fourth-order valence-electron chi connectivity index (χ4n) is 1.96. The second-order valence-electron chi connectivity index (χ2n) is 5.29. The first-order valence-electron chi connectivity index (χ1n) is 7.23. The summed E-state index contributed by atoms with van der Waals surface area (Å²) >= 11 is 7.52. The Hall–Kier alpha value is -1.72. The van der Waals surface area contributed by atoms with Crippen molar-refractivity contribution in [2.24, 2.45) is 5.92 Å². The van der Waals surface area contributed by atoms with E-state index < -0.39 is 0 Å². The molecule has 0 fully saturated rings. The SMILES string of the molecule is COc1ccc(NC(=O)[C@@H](Sc2ncccc2Cl)C(C)C)cc1. The van der Waals surface area contributed by atoms with Gasteiger partial charge in [-0.05, 0) is 42.3 Å². The maximum Gasteiger partial charge on any atom is 0.238 e. The molecule has 0 saturated heterocycles. The first-order valence-corrected chi connectivity index (χ1v) is 8.49. The summed E-state index contributed by atoms with van der Waals surface area (Å²) in [7, 11) is 1.61. The Morgan fingerprint density at radius 3 is 2.52 bits per heavy atom. The number of benzene rings is 1. The Labute approximate surface area is 145 Å². The number of nitrogens with zero attached hydrogens (tertiary/aromatic N) is 1. The van der Waals surface area contributed by atoms with E-state index in [0.29, 0.717) is 10.0 Å². The lowest BCUT2D eigenvalue weighted by Gasteiger charge is -2.20. The van der Waals surface area contributed by atoms with Crippen LogP contribution >= 0.6 is 23.4 Å². The van der Waals surface area contributed by atoms with E-state index in [1.54, 1.807) is 25.4 Å². The molecule has 6 heteroatoms. The van der Waals surface area contributed by atoms with Gasteiger partial charge in [0.25, 0.3) is 0 Å². The Kier molecular flexibility index (Phi) is 6.30. The lowest BCUT2D eigenvalue weighted by atomic mass is 10.1. The van der Waals surface area contributed by atoms with E-state index in [1.165, 1.54) is 11.8 Å². The molecule has 1 amide bonds. The van der Waals surface area contributed by atoms with Crippen LogP contribution in [0.15, 0.2) is 47.6 Å². The number of anilines is 1. The molecule has 0 saturated carbocycles. The minimum Gasteiger partial charge on any atom is -0.497 e. The van der Waals surface area contributed by atoms with Gasteiger partial charge in [-0.15, -0.1) is 0 Å². The van der Waals surface area contributed by atoms with Gasteiger partial charge < -0.3 is 10.1 Å². The Morgan fingerprint density at radius 1 is 1.26 bits per heavy atom. The molecule has 1 heterocycles. The van der Waals surface area contributed by atoms with Crippen LogP contribution in [0.4, 0.5) is 5.69 Å². The predicted octanol–water partition coefficient (Wildman–Crippen LogP) is 4.50. The highest BCUT2D eigenvalue weighted by molar-refractivity contribution is 8.00. The fraction of sp³-hybridized carbons (Fsp3) is 0.294. The van der Waals surface area contributed by atoms with Gasteiger partial charge in [0.15, 0.2) is 0 Å². The van der Waals surface area contributed by atoms with Crippen LogP contribution in [-0.4, -0.2) is 23.3 Å². The number of carbonyl (C=O) groups excluding carboxylic acids is 1. The van der Waals surface area contributed by atoms with E-state index in [2.05, 4.69) is 10.3 Å². The molecular weight excluding hydrogens is 332 g/mol. The van der Waals surface area contributed by atoms with E-state index in [1.807, 2.05) is 38.1 Å². The van der Waals surface area contributed by atoms with Crippen LogP contribution in [0.5, 0.6) is 5.75 Å². The molecule has 0 bridgehead atoms. The number of halogens is 1. The second kappa shape index (κ2) is 8.22. The van der Waals surface area contributed by atoms with Gasteiger partial charge in [0.2, 0.25) is 5.91 Å². The highest BCUT2D eigenvalue weighted by Crippen LogP contribution is 2.32.